The van der Waals surface area contributed by atoms with Gasteiger partial charge in [-0.05, 0) is 19.8 Å². The van der Waals surface area contributed by atoms with E-state index in [-0.39, 0.29) is 6.04 Å². The highest BCUT2D eigenvalue weighted by atomic mass is 16.4. The number of amides is 2. The van der Waals surface area contributed by atoms with Gasteiger partial charge in [0.2, 0.25) is 0 Å². The third kappa shape index (κ3) is 5.72. The minimum atomic E-state index is -1.02. The van der Waals surface area contributed by atoms with Gasteiger partial charge >= 0.3 is 12.0 Å². The van der Waals surface area contributed by atoms with Crippen LogP contribution >= 0.6 is 0 Å². The largest absolute Gasteiger partial charge is 0.480 e. The van der Waals surface area contributed by atoms with E-state index in [9.17, 15) is 9.59 Å². The Bertz CT molecular complexity index is 241. The van der Waals surface area contributed by atoms with Crippen molar-refractivity contribution in [2.75, 3.05) is 0 Å². The maximum Gasteiger partial charge on any atom is 0.326 e. The van der Waals surface area contributed by atoms with Crippen LogP contribution in [0.25, 0.3) is 0 Å². The van der Waals surface area contributed by atoms with Crippen LogP contribution in [0.5, 0.6) is 0 Å². The predicted molar refractivity (Wildman–Crippen MR) is 57.7 cm³/mol. The molecule has 3 N–H and O–H groups in total. The lowest BCUT2D eigenvalue weighted by molar-refractivity contribution is -0.139. The zero-order valence-corrected chi connectivity index (χ0v) is 9.12. The molecule has 0 spiro atoms. The number of aliphatic carboxylic acids is 1. The molecular formula is C10H18N2O3. The molecule has 5 heteroatoms. The number of carbonyl (C=O) groups is 2. The first-order chi connectivity index (χ1) is 7.01. The second-order valence-electron chi connectivity index (χ2n) is 3.34. The number of nitrogens with one attached hydrogen (secondary N) is 2. The van der Waals surface area contributed by atoms with Crippen LogP contribution in [-0.2, 0) is 4.79 Å². The molecule has 0 aliphatic heterocycles. The van der Waals surface area contributed by atoms with E-state index < -0.39 is 18.0 Å². The van der Waals surface area contributed by atoms with Crippen molar-refractivity contribution < 1.29 is 14.7 Å². The molecule has 0 aromatic heterocycles. The average Bonchev–Trinajstić information content (AvgIpc) is 2.13. The highest BCUT2D eigenvalue weighted by molar-refractivity contribution is 5.82. The number of carboxylic acids is 1. The van der Waals surface area contributed by atoms with Gasteiger partial charge < -0.3 is 15.7 Å². The smallest absolute Gasteiger partial charge is 0.326 e. The van der Waals surface area contributed by atoms with Gasteiger partial charge in [-0.3, -0.25) is 0 Å². The third-order valence-corrected chi connectivity index (χ3v) is 1.91. The summed E-state index contributed by atoms with van der Waals surface area (Å²) in [5.41, 5.74) is 0. The summed E-state index contributed by atoms with van der Waals surface area (Å²) in [6, 6.07) is -1.34. The van der Waals surface area contributed by atoms with Crippen LogP contribution in [-0.4, -0.2) is 29.2 Å². The quantitative estimate of drug-likeness (QED) is 0.579. The number of carbonyl (C=O) groups excluding carboxylic acids is 1. The van der Waals surface area contributed by atoms with Gasteiger partial charge in [0, 0.05) is 6.04 Å². The van der Waals surface area contributed by atoms with Crippen LogP contribution in [0.15, 0.2) is 12.7 Å². The van der Waals surface area contributed by atoms with E-state index in [0.29, 0.717) is 12.8 Å². The SMILES string of the molecule is C=CCC(C)NC(=O)N[C@@H](CC)C(=O)O. The molecule has 0 saturated carbocycles. The van der Waals surface area contributed by atoms with Crippen LogP contribution < -0.4 is 10.6 Å². The van der Waals surface area contributed by atoms with Crippen molar-refractivity contribution >= 4 is 12.0 Å². The molecule has 5 nitrogen and oxygen atoms in total. The zero-order valence-electron chi connectivity index (χ0n) is 9.12. The van der Waals surface area contributed by atoms with Crippen molar-refractivity contribution in [3.05, 3.63) is 12.7 Å². The summed E-state index contributed by atoms with van der Waals surface area (Å²) >= 11 is 0. The molecule has 15 heavy (non-hydrogen) atoms. The van der Waals surface area contributed by atoms with Gasteiger partial charge in [0.05, 0.1) is 0 Å². The van der Waals surface area contributed by atoms with Gasteiger partial charge in [-0.25, -0.2) is 9.59 Å². The van der Waals surface area contributed by atoms with E-state index >= 15 is 0 Å². The van der Waals surface area contributed by atoms with Gasteiger partial charge in [-0.1, -0.05) is 13.0 Å². The van der Waals surface area contributed by atoms with Gasteiger partial charge in [-0.2, -0.15) is 0 Å². The predicted octanol–water partition coefficient (Wildman–Crippen LogP) is 1.11. The zero-order chi connectivity index (χ0) is 11.8. The van der Waals surface area contributed by atoms with Crippen molar-refractivity contribution in [3.8, 4) is 0 Å². The summed E-state index contributed by atoms with van der Waals surface area (Å²) < 4.78 is 0. The number of carboxylic acid groups (broad SMARTS) is 1. The first-order valence-electron chi connectivity index (χ1n) is 4.92. The van der Waals surface area contributed by atoms with Crippen molar-refractivity contribution in [2.24, 2.45) is 0 Å². The van der Waals surface area contributed by atoms with Crippen LogP contribution in [0.1, 0.15) is 26.7 Å². The van der Waals surface area contributed by atoms with Crippen LogP contribution in [0.2, 0.25) is 0 Å². The summed E-state index contributed by atoms with van der Waals surface area (Å²) in [6.07, 6.45) is 2.70. The highest BCUT2D eigenvalue weighted by Gasteiger charge is 2.17. The summed E-state index contributed by atoms with van der Waals surface area (Å²) in [7, 11) is 0. The Kier molecular flexibility index (Phi) is 6.17. The first kappa shape index (κ1) is 13.5. The summed E-state index contributed by atoms with van der Waals surface area (Å²) in [5.74, 6) is -1.02. The molecule has 0 saturated heterocycles. The molecule has 2 atom stereocenters. The summed E-state index contributed by atoms with van der Waals surface area (Å²) in [4.78, 5) is 21.9. The number of hydrogen-bond donors (Lipinski definition) is 3. The first-order valence-corrected chi connectivity index (χ1v) is 4.92. The van der Waals surface area contributed by atoms with Crippen LogP contribution in [0, 0.1) is 0 Å². The number of urea groups is 1. The fourth-order valence-electron chi connectivity index (χ4n) is 1.07. The molecule has 0 bridgehead atoms. The Morgan fingerprint density at radius 1 is 1.47 bits per heavy atom. The second-order valence-corrected chi connectivity index (χ2v) is 3.34. The minimum Gasteiger partial charge on any atom is -0.480 e. The van der Waals surface area contributed by atoms with Crippen molar-refractivity contribution in [1.82, 2.24) is 10.6 Å². The Hall–Kier alpha value is -1.52. The molecule has 0 aliphatic rings. The van der Waals surface area contributed by atoms with Gasteiger partial charge in [0.25, 0.3) is 0 Å². The minimum absolute atomic E-state index is 0.0474. The molecule has 0 aromatic carbocycles. The Morgan fingerprint density at radius 3 is 2.47 bits per heavy atom. The average molecular weight is 214 g/mol. The van der Waals surface area contributed by atoms with Gasteiger partial charge in [-0.15, -0.1) is 6.58 Å². The Morgan fingerprint density at radius 2 is 2.07 bits per heavy atom. The maximum absolute atomic E-state index is 11.3. The summed E-state index contributed by atoms with van der Waals surface area (Å²) in [6.45, 7) is 7.07. The molecular weight excluding hydrogens is 196 g/mol. The monoisotopic (exact) mass is 214 g/mol. The highest BCUT2D eigenvalue weighted by Crippen LogP contribution is 1.93. The van der Waals surface area contributed by atoms with E-state index in [0.717, 1.165) is 0 Å². The lowest BCUT2D eigenvalue weighted by Crippen LogP contribution is -2.48. The van der Waals surface area contributed by atoms with Crippen molar-refractivity contribution in [1.29, 1.82) is 0 Å². The van der Waals surface area contributed by atoms with E-state index in [1.54, 1.807) is 13.0 Å². The topological polar surface area (TPSA) is 78.4 Å². The van der Waals surface area contributed by atoms with Crippen molar-refractivity contribution in [3.63, 3.8) is 0 Å². The Labute approximate surface area is 89.6 Å². The van der Waals surface area contributed by atoms with Crippen LogP contribution in [0.3, 0.4) is 0 Å². The van der Waals surface area contributed by atoms with E-state index in [2.05, 4.69) is 17.2 Å². The second kappa shape index (κ2) is 6.86. The van der Waals surface area contributed by atoms with E-state index in [1.165, 1.54) is 0 Å². The number of hydrogen-bond acceptors (Lipinski definition) is 2. The van der Waals surface area contributed by atoms with E-state index in [1.807, 2.05) is 6.92 Å². The molecule has 0 fully saturated rings. The van der Waals surface area contributed by atoms with Gasteiger partial charge in [0.1, 0.15) is 6.04 Å². The molecule has 2 amide bonds. The normalized spacial score (nSPS) is 13.7. The van der Waals surface area contributed by atoms with Gasteiger partial charge in [0.15, 0.2) is 0 Å². The maximum atomic E-state index is 11.3. The molecule has 0 aromatic rings. The Balaban J connectivity index is 4.01. The molecule has 0 heterocycles. The molecule has 1 unspecified atom stereocenters. The standard InChI is InChI=1S/C10H18N2O3/c1-4-6-7(3)11-10(15)12-8(5-2)9(13)14/h4,7-8H,1,5-6H2,2-3H3,(H,13,14)(H2,11,12,15)/t7?,8-/m0/s1. The molecule has 0 aliphatic carbocycles. The lowest BCUT2D eigenvalue weighted by atomic mass is 10.2. The molecule has 0 radical (unpaired) electrons. The fraction of sp³-hybridized carbons (Fsp3) is 0.600. The molecule has 0 rings (SSSR count). The van der Waals surface area contributed by atoms with E-state index in [4.69, 9.17) is 5.11 Å². The summed E-state index contributed by atoms with van der Waals surface area (Å²) in [5, 5.41) is 13.7. The third-order valence-electron chi connectivity index (χ3n) is 1.91. The fourth-order valence-corrected chi connectivity index (χ4v) is 1.07. The molecule has 86 valence electrons. The van der Waals surface area contributed by atoms with Crippen LogP contribution in [0.4, 0.5) is 4.79 Å². The number of rotatable bonds is 6. The van der Waals surface area contributed by atoms with Crippen molar-refractivity contribution in [2.45, 2.75) is 38.8 Å². The lowest BCUT2D eigenvalue weighted by Gasteiger charge is -2.16.